The summed E-state index contributed by atoms with van der Waals surface area (Å²) in [7, 11) is 3.94. The van der Waals surface area contributed by atoms with E-state index in [0.29, 0.717) is 0 Å². The van der Waals surface area contributed by atoms with Crippen molar-refractivity contribution in [1.29, 1.82) is 0 Å². The predicted octanol–water partition coefficient (Wildman–Crippen LogP) is 3.27. The predicted molar refractivity (Wildman–Crippen MR) is 98.0 cm³/mol. The summed E-state index contributed by atoms with van der Waals surface area (Å²) >= 11 is 0. The number of aryl methyl sites for hydroxylation is 1. The molecule has 0 saturated carbocycles. The fourth-order valence-corrected chi connectivity index (χ4v) is 3.49. The number of nitrogens with zero attached hydrogens (tertiary/aromatic N) is 4. The van der Waals surface area contributed by atoms with Gasteiger partial charge in [0.05, 0.1) is 11.9 Å². The standard InChI is InChI=1S/C19H23N5/c1-20-19-10-16-9-14(5-6-15(16)11-21-19)17-12-22-23(2)18(17)13-24-7-3-4-8-24/h5-6,9-12H,3-4,7-8,13H2,1-2H3,(H,20,21). The van der Waals surface area contributed by atoms with Crippen molar-refractivity contribution in [3.8, 4) is 11.1 Å². The van der Waals surface area contributed by atoms with E-state index in [1.54, 1.807) is 0 Å². The maximum absolute atomic E-state index is 4.51. The summed E-state index contributed by atoms with van der Waals surface area (Å²) in [4.78, 5) is 6.90. The Balaban J connectivity index is 1.73. The van der Waals surface area contributed by atoms with Crippen LogP contribution in [0.25, 0.3) is 21.9 Å². The van der Waals surface area contributed by atoms with Crippen molar-refractivity contribution in [1.82, 2.24) is 19.7 Å². The molecule has 2 aromatic heterocycles. The summed E-state index contributed by atoms with van der Waals surface area (Å²) in [5.41, 5.74) is 3.74. The van der Waals surface area contributed by atoms with Gasteiger partial charge < -0.3 is 5.32 Å². The number of anilines is 1. The molecule has 0 unspecified atom stereocenters. The molecule has 124 valence electrons. The molecule has 5 heteroatoms. The Bertz CT molecular complexity index is 861. The van der Waals surface area contributed by atoms with Gasteiger partial charge in [-0.3, -0.25) is 9.58 Å². The lowest BCUT2D eigenvalue weighted by Gasteiger charge is -2.16. The van der Waals surface area contributed by atoms with Crippen LogP contribution in [-0.2, 0) is 13.6 Å². The molecule has 1 aliphatic rings. The fourth-order valence-electron chi connectivity index (χ4n) is 3.49. The highest BCUT2D eigenvalue weighted by Gasteiger charge is 2.17. The van der Waals surface area contributed by atoms with Crippen molar-refractivity contribution >= 4 is 16.6 Å². The number of fused-ring (bicyclic) bond motifs is 1. The second-order valence-corrected chi connectivity index (χ2v) is 6.49. The molecule has 0 atom stereocenters. The van der Waals surface area contributed by atoms with Gasteiger partial charge in [-0.25, -0.2) is 4.98 Å². The van der Waals surface area contributed by atoms with Crippen molar-refractivity contribution in [2.45, 2.75) is 19.4 Å². The van der Waals surface area contributed by atoms with E-state index >= 15 is 0 Å². The van der Waals surface area contributed by atoms with Crippen LogP contribution in [-0.4, -0.2) is 39.8 Å². The van der Waals surface area contributed by atoms with E-state index in [4.69, 9.17) is 0 Å². The Morgan fingerprint density at radius 3 is 2.71 bits per heavy atom. The Morgan fingerprint density at radius 1 is 1.08 bits per heavy atom. The molecule has 0 bridgehead atoms. The van der Waals surface area contributed by atoms with Crippen LogP contribution in [0, 0.1) is 0 Å². The van der Waals surface area contributed by atoms with Gasteiger partial charge in [0.1, 0.15) is 5.82 Å². The first-order valence-corrected chi connectivity index (χ1v) is 8.56. The highest BCUT2D eigenvalue weighted by molar-refractivity contribution is 5.88. The number of hydrogen-bond donors (Lipinski definition) is 1. The molecule has 1 N–H and O–H groups in total. The summed E-state index contributed by atoms with van der Waals surface area (Å²) < 4.78 is 2.02. The van der Waals surface area contributed by atoms with Crippen LogP contribution in [0.15, 0.2) is 36.7 Å². The van der Waals surface area contributed by atoms with E-state index in [2.05, 4.69) is 44.6 Å². The summed E-state index contributed by atoms with van der Waals surface area (Å²) in [6, 6.07) is 8.65. The Labute approximate surface area is 142 Å². The molecule has 3 heterocycles. The van der Waals surface area contributed by atoms with Crippen molar-refractivity contribution in [3.05, 3.63) is 42.4 Å². The van der Waals surface area contributed by atoms with Gasteiger partial charge in [0.2, 0.25) is 0 Å². The van der Waals surface area contributed by atoms with Crippen LogP contribution in [0.2, 0.25) is 0 Å². The topological polar surface area (TPSA) is 46.0 Å². The van der Waals surface area contributed by atoms with Crippen LogP contribution < -0.4 is 5.32 Å². The minimum Gasteiger partial charge on any atom is -0.373 e. The highest BCUT2D eigenvalue weighted by atomic mass is 15.3. The summed E-state index contributed by atoms with van der Waals surface area (Å²) in [6.45, 7) is 3.36. The maximum Gasteiger partial charge on any atom is 0.126 e. The Hall–Kier alpha value is -2.40. The lowest BCUT2D eigenvalue weighted by molar-refractivity contribution is 0.321. The van der Waals surface area contributed by atoms with Gasteiger partial charge >= 0.3 is 0 Å². The van der Waals surface area contributed by atoms with Gasteiger partial charge in [-0.2, -0.15) is 5.10 Å². The zero-order valence-corrected chi connectivity index (χ0v) is 14.3. The molecule has 4 rings (SSSR count). The number of hydrogen-bond acceptors (Lipinski definition) is 4. The SMILES string of the molecule is CNc1cc2cc(-c3cnn(C)c3CN3CCCC3)ccc2cn1. The minimum atomic E-state index is 0.892. The average Bonchev–Trinajstić information content (AvgIpc) is 3.25. The molecule has 5 nitrogen and oxygen atoms in total. The smallest absolute Gasteiger partial charge is 0.126 e. The fraction of sp³-hybridized carbons (Fsp3) is 0.368. The molecule has 1 fully saturated rings. The van der Waals surface area contributed by atoms with Crippen molar-refractivity contribution in [2.24, 2.45) is 7.05 Å². The quantitative estimate of drug-likeness (QED) is 0.801. The van der Waals surface area contributed by atoms with Crippen molar-refractivity contribution in [2.75, 3.05) is 25.5 Å². The van der Waals surface area contributed by atoms with Gasteiger partial charge in [-0.1, -0.05) is 12.1 Å². The molecule has 1 aromatic carbocycles. The van der Waals surface area contributed by atoms with Crippen LogP contribution in [0.3, 0.4) is 0 Å². The molecule has 0 amide bonds. The van der Waals surface area contributed by atoms with E-state index < -0.39 is 0 Å². The van der Waals surface area contributed by atoms with Gasteiger partial charge in [0.15, 0.2) is 0 Å². The van der Waals surface area contributed by atoms with E-state index in [1.165, 1.54) is 48.1 Å². The lowest BCUT2D eigenvalue weighted by atomic mass is 10.0. The Morgan fingerprint density at radius 2 is 1.92 bits per heavy atom. The number of likely N-dealkylation sites (tertiary alicyclic amines) is 1. The monoisotopic (exact) mass is 321 g/mol. The Kier molecular flexibility index (Phi) is 3.94. The first-order chi connectivity index (χ1) is 11.7. The average molecular weight is 321 g/mol. The lowest BCUT2D eigenvalue weighted by Crippen LogP contribution is -2.20. The summed E-state index contributed by atoms with van der Waals surface area (Å²) in [5, 5.41) is 9.97. The molecule has 1 aliphatic heterocycles. The number of nitrogens with one attached hydrogen (secondary N) is 1. The van der Waals surface area contributed by atoms with Crippen LogP contribution in [0.5, 0.6) is 0 Å². The zero-order valence-electron chi connectivity index (χ0n) is 14.3. The molecule has 0 aliphatic carbocycles. The second kappa shape index (κ2) is 6.24. The zero-order chi connectivity index (χ0) is 16.5. The van der Waals surface area contributed by atoms with E-state index in [1.807, 2.05) is 31.2 Å². The number of rotatable bonds is 4. The molecule has 3 aromatic rings. The van der Waals surface area contributed by atoms with E-state index in [-0.39, 0.29) is 0 Å². The molecule has 24 heavy (non-hydrogen) atoms. The number of benzene rings is 1. The molecule has 0 radical (unpaired) electrons. The maximum atomic E-state index is 4.51. The number of aromatic nitrogens is 3. The molecule has 0 spiro atoms. The van der Waals surface area contributed by atoms with E-state index in [0.717, 1.165) is 17.7 Å². The van der Waals surface area contributed by atoms with E-state index in [9.17, 15) is 0 Å². The molecular weight excluding hydrogens is 298 g/mol. The normalized spacial score (nSPS) is 15.2. The highest BCUT2D eigenvalue weighted by Crippen LogP contribution is 2.29. The third-order valence-electron chi connectivity index (χ3n) is 4.92. The van der Waals surface area contributed by atoms with Crippen LogP contribution in [0.4, 0.5) is 5.82 Å². The third-order valence-corrected chi connectivity index (χ3v) is 4.92. The summed E-state index contributed by atoms with van der Waals surface area (Å²) in [6.07, 6.45) is 6.53. The van der Waals surface area contributed by atoms with Gasteiger partial charge in [0, 0.05) is 37.8 Å². The van der Waals surface area contributed by atoms with Gasteiger partial charge in [0.25, 0.3) is 0 Å². The third kappa shape index (κ3) is 2.76. The van der Waals surface area contributed by atoms with Crippen LogP contribution in [0.1, 0.15) is 18.5 Å². The largest absolute Gasteiger partial charge is 0.373 e. The summed E-state index contributed by atoms with van der Waals surface area (Å²) in [5.74, 6) is 0.892. The van der Waals surface area contributed by atoms with Crippen molar-refractivity contribution in [3.63, 3.8) is 0 Å². The van der Waals surface area contributed by atoms with Crippen molar-refractivity contribution < 1.29 is 0 Å². The van der Waals surface area contributed by atoms with Gasteiger partial charge in [-0.15, -0.1) is 0 Å². The minimum absolute atomic E-state index is 0.892. The molecule has 1 saturated heterocycles. The second-order valence-electron chi connectivity index (χ2n) is 6.49. The van der Waals surface area contributed by atoms with Crippen LogP contribution >= 0.6 is 0 Å². The first kappa shape index (κ1) is 15.1. The first-order valence-electron chi connectivity index (χ1n) is 8.56. The van der Waals surface area contributed by atoms with Gasteiger partial charge in [-0.05, 0) is 49.0 Å². The number of pyridine rings is 1. The molecular formula is C19H23N5.